The van der Waals surface area contributed by atoms with Crippen molar-refractivity contribution < 1.29 is 8.97 Å². The third kappa shape index (κ3) is 5.48. The Bertz CT molecular complexity index is 287. The smallest absolute Gasteiger partial charge is 0.129 e. The Morgan fingerprint density at radius 2 is 0.900 bits per heavy atom. The van der Waals surface area contributed by atoms with Crippen LogP contribution in [0.2, 0.25) is 0 Å². The monoisotopic (exact) mass is 278 g/mol. The van der Waals surface area contributed by atoms with Crippen molar-refractivity contribution >= 4 is 0 Å². The van der Waals surface area contributed by atoms with E-state index in [2.05, 4.69) is 46.2 Å². The first-order valence-corrected chi connectivity index (χ1v) is 7.71. The van der Waals surface area contributed by atoms with Gasteiger partial charge in [-0.3, -0.25) is 0 Å². The fourth-order valence-corrected chi connectivity index (χ4v) is 2.91. The lowest BCUT2D eigenvalue weighted by molar-refractivity contribution is -0.969. The summed E-state index contributed by atoms with van der Waals surface area (Å²) in [5.41, 5.74) is 0. The van der Waals surface area contributed by atoms with Gasteiger partial charge >= 0.3 is 0 Å². The highest BCUT2D eigenvalue weighted by molar-refractivity contribution is 4.76. The van der Waals surface area contributed by atoms with Crippen molar-refractivity contribution in [2.75, 3.05) is 52.4 Å². The molecule has 0 aromatic rings. The Morgan fingerprint density at radius 3 is 1.20 bits per heavy atom. The van der Waals surface area contributed by atoms with Gasteiger partial charge in [-0.2, -0.15) is 0 Å². The van der Waals surface area contributed by atoms with E-state index in [1.807, 2.05) is 18.2 Å². The predicted molar refractivity (Wildman–Crippen MR) is 91.6 cm³/mol. The van der Waals surface area contributed by atoms with Crippen molar-refractivity contribution in [3.8, 4) is 0 Å². The van der Waals surface area contributed by atoms with Crippen LogP contribution < -0.4 is 0 Å². The van der Waals surface area contributed by atoms with Gasteiger partial charge < -0.3 is 8.97 Å². The molecule has 114 valence electrons. The van der Waals surface area contributed by atoms with Crippen molar-refractivity contribution in [1.29, 1.82) is 0 Å². The van der Waals surface area contributed by atoms with E-state index in [1.54, 1.807) is 0 Å². The van der Waals surface area contributed by atoms with Gasteiger partial charge in [0, 0.05) is 0 Å². The molecular formula is C18H34N2+2. The molecule has 20 heavy (non-hydrogen) atoms. The van der Waals surface area contributed by atoms with Crippen LogP contribution in [-0.2, 0) is 0 Å². The van der Waals surface area contributed by atoms with Crippen LogP contribution in [-0.4, -0.2) is 61.3 Å². The standard InChI is InChI=1S/C18H34N2/c1-7-13-19(11-5,12-6)17-18-20(14-8-2,15-9-3)16-10-4/h7-10H,1-4,11-18H2,5-6H3/q+2. The molecule has 0 radical (unpaired) electrons. The van der Waals surface area contributed by atoms with Crippen molar-refractivity contribution in [2.45, 2.75) is 13.8 Å². The molecule has 2 nitrogen and oxygen atoms in total. The van der Waals surface area contributed by atoms with E-state index >= 15 is 0 Å². The summed E-state index contributed by atoms with van der Waals surface area (Å²) in [5, 5.41) is 0. The molecule has 0 heterocycles. The van der Waals surface area contributed by atoms with E-state index in [1.165, 1.54) is 0 Å². The van der Waals surface area contributed by atoms with E-state index < -0.39 is 0 Å². The minimum Gasteiger partial charge on any atom is -0.316 e. The van der Waals surface area contributed by atoms with Gasteiger partial charge in [0.05, 0.1) is 39.3 Å². The minimum absolute atomic E-state index is 0.972. The topological polar surface area (TPSA) is 0 Å². The van der Waals surface area contributed by atoms with Crippen LogP contribution in [0.1, 0.15) is 13.8 Å². The maximum atomic E-state index is 3.93. The van der Waals surface area contributed by atoms with Gasteiger partial charge in [-0.25, -0.2) is 0 Å². The van der Waals surface area contributed by atoms with Crippen LogP contribution in [0.25, 0.3) is 0 Å². The molecular weight excluding hydrogens is 244 g/mol. The van der Waals surface area contributed by atoms with Crippen LogP contribution in [0.5, 0.6) is 0 Å². The average Bonchev–Trinajstić information content (AvgIpc) is 2.44. The summed E-state index contributed by atoms with van der Waals surface area (Å²) in [6, 6.07) is 0. The second-order valence-corrected chi connectivity index (χ2v) is 5.65. The molecule has 0 rings (SSSR count). The highest BCUT2D eigenvalue weighted by atomic mass is 15.4. The first-order valence-electron chi connectivity index (χ1n) is 7.71. The van der Waals surface area contributed by atoms with E-state index in [-0.39, 0.29) is 0 Å². The molecule has 0 aliphatic heterocycles. The summed E-state index contributed by atoms with van der Waals surface area (Å²) in [7, 11) is 0. The number of nitrogens with zero attached hydrogens (tertiary/aromatic N) is 2. The molecule has 2 heteroatoms. The molecule has 0 N–H and O–H groups in total. The van der Waals surface area contributed by atoms with Gasteiger partial charge in [-0.1, -0.05) is 26.3 Å². The average molecular weight is 278 g/mol. The molecule has 0 aromatic heterocycles. The number of hydrogen-bond acceptors (Lipinski definition) is 0. The number of quaternary nitrogens is 2. The fourth-order valence-electron chi connectivity index (χ4n) is 2.91. The molecule has 0 saturated carbocycles. The minimum atomic E-state index is 0.972. The van der Waals surface area contributed by atoms with E-state index in [0.717, 1.165) is 61.3 Å². The fraction of sp³-hybridized carbons (Fsp3) is 0.556. The summed E-state index contributed by atoms with van der Waals surface area (Å²) in [4.78, 5) is 0. The highest BCUT2D eigenvalue weighted by Crippen LogP contribution is 2.13. The SMILES string of the molecule is C=CC[N+](CC)(CC)CC[N+](CC=C)(CC=C)CC=C. The van der Waals surface area contributed by atoms with E-state index in [0.29, 0.717) is 0 Å². The first-order chi connectivity index (χ1) is 9.57. The zero-order chi connectivity index (χ0) is 15.5. The third-order valence-electron chi connectivity index (χ3n) is 4.46. The molecule has 0 bridgehead atoms. The maximum absolute atomic E-state index is 3.93. The largest absolute Gasteiger partial charge is 0.316 e. The van der Waals surface area contributed by atoms with E-state index in [9.17, 15) is 0 Å². The quantitative estimate of drug-likeness (QED) is 0.358. The number of likely N-dealkylation sites (N-methyl/N-ethyl adjacent to an activating group) is 1. The molecule has 0 aliphatic rings. The number of hydrogen-bond donors (Lipinski definition) is 0. The van der Waals surface area contributed by atoms with Gasteiger partial charge in [0.15, 0.2) is 0 Å². The lowest BCUT2D eigenvalue weighted by atomic mass is 10.2. The molecule has 0 spiro atoms. The normalized spacial score (nSPS) is 11.9. The van der Waals surface area contributed by atoms with Crippen LogP contribution in [0.3, 0.4) is 0 Å². The molecule has 0 unspecified atom stereocenters. The summed E-state index contributed by atoms with van der Waals surface area (Å²) >= 11 is 0. The molecule has 0 aromatic carbocycles. The Hall–Kier alpha value is -1.12. The Balaban J connectivity index is 5.02. The zero-order valence-corrected chi connectivity index (χ0v) is 13.7. The molecule has 0 amide bonds. The van der Waals surface area contributed by atoms with Gasteiger partial charge in [-0.15, -0.1) is 0 Å². The zero-order valence-electron chi connectivity index (χ0n) is 13.7. The van der Waals surface area contributed by atoms with Crippen LogP contribution >= 0.6 is 0 Å². The molecule has 0 saturated heterocycles. The Morgan fingerprint density at radius 1 is 0.600 bits per heavy atom. The third-order valence-corrected chi connectivity index (χ3v) is 4.46. The lowest BCUT2D eigenvalue weighted by Crippen LogP contribution is -2.58. The van der Waals surface area contributed by atoms with E-state index in [4.69, 9.17) is 0 Å². The van der Waals surface area contributed by atoms with Crippen LogP contribution in [0.4, 0.5) is 0 Å². The molecule has 0 aliphatic carbocycles. The lowest BCUT2D eigenvalue weighted by Gasteiger charge is -2.41. The second kappa shape index (κ2) is 9.73. The summed E-state index contributed by atoms with van der Waals surface area (Å²) < 4.78 is 2.09. The van der Waals surface area contributed by atoms with Gasteiger partial charge in [-0.05, 0) is 38.2 Å². The summed E-state index contributed by atoms with van der Waals surface area (Å²) in [6.45, 7) is 28.8. The van der Waals surface area contributed by atoms with Gasteiger partial charge in [0.2, 0.25) is 0 Å². The molecule has 0 atom stereocenters. The van der Waals surface area contributed by atoms with Crippen molar-refractivity contribution in [2.24, 2.45) is 0 Å². The number of rotatable bonds is 13. The van der Waals surface area contributed by atoms with Gasteiger partial charge in [0.25, 0.3) is 0 Å². The maximum Gasteiger partial charge on any atom is 0.129 e. The predicted octanol–water partition coefficient (Wildman–Crippen LogP) is 3.40. The van der Waals surface area contributed by atoms with Crippen LogP contribution in [0.15, 0.2) is 50.6 Å². The van der Waals surface area contributed by atoms with Crippen LogP contribution in [0, 0.1) is 0 Å². The first kappa shape index (κ1) is 18.9. The van der Waals surface area contributed by atoms with Crippen molar-refractivity contribution in [1.82, 2.24) is 0 Å². The summed E-state index contributed by atoms with van der Waals surface area (Å²) in [5.74, 6) is 0. The van der Waals surface area contributed by atoms with Crippen molar-refractivity contribution in [3.05, 3.63) is 50.6 Å². The Labute approximate surface area is 126 Å². The molecule has 0 fully saturated rings. The van der Waals surface area contributed by atoms with Crippen molar-refractivity contribution in [3.63, 3.8) is 0 Å². The second-order valence-electron chi connectivity index (χ2n) is 5.65. The van der Waals surface area contributed by atoms with Gasteiger partial charge in [0.1, 0.15) is 13.1 Å². The Kier molecular flexibility index (Phi) is 9.19. The summed E-state index contributed by atoms with van der Waals surface area (Å²) in [6.07, 6.45) is 8.11. The highest BCUT2D eigenvalue weighted by Gasteiger charge is 2.30.